The van der Waals surface area contributed by atoms with Crippen molar-refractivity contribution in [3.63, 3.8) is 0 Å². The van der Waals surface area contributed by atoms with Gasteiger partial charge in [0.1, 0.15) is 0 Å². The normalized spacial score (nSPS) is 12.2. The molecule has 10 rings (SSSR count). The third kappa shape index (κ3) is 5.19. The Kier molecular flexibility index (Phi) is 7.94. The second kappa shape index (κ2) is 12.9. The molecular formula is C46H34S4. The Morgan fingerprint density at radius 1 is 0.340 bits per heavy atom. The van der Waals surface area contributed by atoms with Gasteiger partial charge in [-0.1, -0.05) is 121 Å². The van der Waals surface area contributed by atoms with E-state index in [0.717, 1.165) is 24.3 Å². The lowest BCUT2D eigenvalue weighted by atomic mass is 9.98. The lowest BCUT2D eigenvalue weighted by molar-refractivity contribution is 1.18. The molecule has 0 spiro atoms. The lowest BCUT2D eigenvalue weighted by Crippen LogP contribution is -1.95. The van der Waals surface area contributed by atoms with Crippen LogP contribution in [0.1, 0.15) is 11.1 Å². The minimum Gasteiger partial charge on any atom is -0.161 e. The molecular weight excluding hydrogens is 681 g/mol. The van der Waals surface area contributed by atoms with Crippen molar-refractivity contribution in [2.24, 2.45) is 0 Å². The zero-order valence-corrected chi connectivity index (χ0v) is 30.8. The molecule has 0 amide bonds. The van der Waals surface area contributed by atoms with Gasteiger partial charge in [0.15, 0.2) is 0 Å². The smallest absolute Gasteiger partial charge is 0.0434 e. The molecule has 0 saturated heterocycles. The molecule has 2 heterocycles. The fourth-order valence-electron chi connectivity index (χ4n) is 7.90. The van der Waals surface area contributed by atoms with Gasteiger partial charge in [-0.3, -0.25) is 0 Å². The first-order valence-electron chi connectivity index (χ1n) is 17.5. The summed E-state index contributed by atoms with van der Waals surface area (Å²) in [6, 6.07) is 49.8. The van der Waals surface area contributed by atoms with E-state index in [4.69, 9.17) is 0 Å². The average molecular weight is 715 g/mol. The Morgan fingerprint density at radius 3 is 1.20 bits per heavy atom. The first-order valence-corrected chi connectivity index (χ1v) is 21.4. The number of thioether (sulfide) groups is 2. The fraction of sp³-hybridized carbons (Fsp3) is 0.130. The molecule has 0 aliphatic rings. The highest BCUT2D eigenvalue weighted by atomic mass is 32.2. The average Bonchev–Trinajstić information content (AvgIpc) is 3.77. The highest BCUT2D eigenvalue weighted by Crippen LogP contribution is 2.45. The van der Waals surface area contributed by atoms with Gasteiger partial charge in [-0.05, 0) is 90.7 Å². The summed E-state index contributed by atoms with van der Waals surface area (Å²) in [7, 11) is 0. The van der Waals surface area contributed by atoms with Crippen LogP contribution in [0, 0.1) is 0 Å². The molecule has 10 aromatic rings. The molecule has 8 aromatic carbocycles. The molecule has 0 aliphatic carbocycles. The van der Waals surface area contributed by atoms with Gasteiger partial charge >= 0.3 is 0 Å². The predicted octanol–water partition coefficient (Wildman–Crippen LogP) is 14.3. The van der Waals surface area contributed by atoms with Crippen LogP contribution in [0.15, 0.2) is 133 Å². The zero-order valence-electron chi connectivity index (χ0n) is 27.6. The van der Waals surface area contributed by atoms with Crippen LogP contribution >= 0.6 is 46.2 Å². The standard InChI is InChI=1S/C46H34S4/c1-7-15-37-29(9-1)17-19-39-41-35-13-5-3-11-31(35)27-33(43(41)49-45(37)39)21-23-47-25-26-48-24-22-34-28-32-12-4-6-14-36(32)42-40-20-18-30-10-2-8-16-38(30)46(40)50-44(34)42/h1-20,27-28H,21-26H2. The van der Waals surface area contributed by atoms with Crippen LogP contribution in [-0.2, 0) is 12.8 Å². The van der Waals surface area contributed by atoms with Crippen molar-refractivity contribution in [2.45, 2.75) is 12.8 Å². The molecule has 0 atom stereocenters. The van der Waals surface area contributed by atoms with Crippen LogP contribution in [0.3, 0.4) is 0 Å². The molecule has 0 aliphatic heterocycles. The SMILES string of the molecule is c1ccc2c(c1)ccc1c2sc2c(CCSCCSCCc3cc4ccccc4c4c3sc3c5ccccc5ccc34)cc3ccccc3c21. The maximum absolute atomic E-state index is 2.46. The number of hydrogen-bond donors (Lipinski definition) is 0. The molecule has 0 nitrogen and oxygen atoms in total. The third-order valence-corrected chi connectivity index (χ3v) is 15.1. The molecule has 4 heteroatoms. The monoisotopic (exact) mass is 714 g/mol. The number of benzene rings is 8. The van der Waals surface area contributed by atoms with Gasteiger partial charge in [0.25, 0.3) is 0 Å². The third-order valence-electron chi connectivity index (χ3n) is 10.3. The minimum absolute atomic E-state index is 1.11. The van der Waals surface area contributed by atoms with E-state index in [2.05, 4.69) is 157 Å². The molecule has 242 valence electrons. The molecule has 0 unspecified atom stereocenters. The van der Waals surface area contributed by atoms with Crippen molar-refractivity contribution < 1.29 is 0 Å². The van der Waals surface area contributed by atoms with Crippen molar-refractivity contribution in [1.29, 1.82) is 0 Å². The Bertz CT molecular complexity index is 2690. The number of aryl methyl sites for hydroxylation is 2. The molecule has 0 radical (unpaired) electrons. The van der Waals surface area contributed by atoms with E-state index in [1.54, 1.807) is 0 Å². The molecule has 2 aromatic heterocycles. The van der Waals surface area contributed by atoms with E-state index in [-0.39, 0.29) is 0 Å². The van der Waals surface area contributed by atoms with Crippen molar-refractivity contribution >= 4 is 130 Å². The van der Waals surface area contributed by atoms with Gasteiger partial charge in [-0.2, -0.15) is 23.5 Å². The van der Waals surface area contributed by atoms with Crippen LogP contribution in [0.25, 0.3) is 83.4 Å². The Hall–Kier alpha value is -4.06. The maximum Gasteiger partial charge on any atom is 0.0434 e. The highest BCUT2D eigenvalue weighted by molar-refractivity contribution is 8.02. The summed E-state index contributed by atoms with van der Waals surface area (Å²) in [6.07, 6.45) is 2.22. The summed E-state index contributed by atoms with van der Waals surface area (Å²) >= 11 is 8.22. The van der Waals surface area contributed by atoms with Gasteiger partial charge in [0.2, 0.25) is 0 Å². The Balaban J connectivity index is 0.844. The van der Waals surface area contributed by atoms with Gasteiger partial charge in [0.05, 0.1) is 0 Å². The van der Waals surface area contributed by atoms with E-state index >= 15 is 0 Å². The molecule has 0 fully saturated rings. The van der Waals surface area contributed by atoms with Gasteiger partial charge < -0.3 is 0 Å². The largest absolute Gasteiger partial charge is 0.161 e. The Morgan fingerprint density at radius 2 is 0.740 bits per heavy atom. The molecule has 0 N–H and O–H groups in total. The summed E-state index contributed by atoms with van der Waals surface area (Å²) in [4.78, 5) is 0. The predicted molar refractivity (Wildman–Crippen MR) is 231 cm³/mol. The van der Waals surface area contributed by atoms with Gasteiger partial charge in [-0.15, -0.1) is 22.7 Å². The van der Waals surface area contributed by atoms with Crippen LogP contribution in [-0.4, -0.2) is 23.0 Å². The van der Waals surface area contributed by atoms with Crippen molar-refractivity contribution in [1.82, 2.24) is 0 Å². The molecule has 0 bridgehead atoms. The number of rotatable bonds is 9. The Labute approximate surface area is 308 Å². The minimum atomic E-state index is 1.11. The molecule has 0 saturated carbocycles. The van der Waals surface area contributed by atoms with Crippen LogP contribution in [0.4, 0.5) is 0 Å². The summed E-state index contributed by atoms with van der Waals surface area (Å²) in [5.41, 5.74) is 3.00. The second-order valence-corrected chi connectivity index (χ2v) is 17.7. The van der Waals surface area contributed by atoms with Crippen molar-refractivity contribution in [3.05, 3.63) is 145 Å². The number of thiophene rings is 2. The fourth-order valence-corrected chi connectivity index (χ4v) is 12.8. The van der Waals surface area contributed by atoms with Crippen LogP contribution < -0.4 is 0 Å². The van der Waals surface area contributed by atoms with E-state index in [1.807, 2.05) is 22.7 Å². The van der Waals surface area contributed by atoms with Gasteiger partial charge in [0, 0.05) is 51.9 Å². The summed E-state index contributed by atoms with van der Waals surface area (Å²) in [5.74, 6) is 4.70. The van der Waals surface area contributed by atoms with Crippen LogP contribution in [0.2, 0.25) is 0 Å². The summed E-state index contributed by atoms with van der Waals surface area (Å²) in [5, 5.41) is 16.6. The summed E-state index contributed by atoms with van der Waals surface area (Å²) < 4.78 is 5.79. The lowest BCUT2D eigenvalue weighted by Gasteiger charge is -2.09. The summed E-state index contributed by atoms with van der Waals surface area (Å²) in [6.45, 7) is 0. The second-order valence-electron chi connectivity index (χ2n) is 13.2. The zero-order chi connectivity index (χ0) is 33.0. The quantitative estimate of drug-likeness (QED) is 0.137. The van der Waals surface area contributed by atoms with E-state index < -0.39 is 0 Å². The first kappa shape index (κ1) is 30.7. The maximum atomic E-state index is 2.46. The van der Waals surface area contributed by atoms with Crippen molar-refractivity contribution in [2.75, 3.05) is 23.0 Å². The van der Waals surface area contributed by atoms with E-state index in [0.29, 0.717) is 0 Å². The molecule has 50 heavy (non-hydrogen) atoms. The number of hydrogen-bond acceptors (Lipinski definition) is 4. The topological polar surface area (TPSA) is 0 Å². The highest BCUT2D eigenvalue weighted by Gasteiger charge is 2.17. The first-order chi connectivity index (χ1) is 24.8. The van der Waals surface area contributed by atoms with E-state index in [1.165, 1.54) is 106 Å². The number of fused-ring (bicyclic) bond motifs is 14. The van der Waals surface area contributed by atoms with Crippen LogP contribution in [0.5, 0.6) is 0 Å². The van der Waals surface area contributed by atoms with Crippen molar-refractivity contribution in [3.8, 4) is 0 Å². The van der Waals surface area contributed by atoms with E-state index in [9.17, 15) is 0 Å². The van der Waals surface area contributed by atoms with Gasteiger partial charge in [-0.25, -0.2) is 0 Å².